The first-order valence-corrected chi connectivity index (χ1v) is 9.95. The first-order valence-electron chi connectivity index (χ1n) is 9.95. The molecule has 3 heterocycles. The highest BCUT2D eigenvalue weighted by atomic mass is 15.4. The lowest BCUT2D eigenvalue weighted by Gasteiger charge is -2.37. The molecule has 0 atom stereocenters. The van der Waals surface area contributed by atoms with Gasteiger partial charge in [0.05, 0.1) is 0 Å². The van der Waals surface area contributed by atoms with E-state index in [0.717, 1.165) is 76.3 Å². The Morgan fingerprint density at radius 3 is 2.63 bits per heavy atom. The SMILES string of the molecule is CCNC(=NCCCCn1ccnc1C)N1CCN(c2ccccn2)CC1. The number of nitrogens with one attached hydrogen (secondary N) is 1. The normalized spacial score (nSPS) is 15.3. The highest BCUT2D eigenvalue weighted by molar-refractivity contribution is 5.80. The van der Waals surface area contributed by atoms with Gasteiger partial charge < -0.3 is 19.7 Å². The first kappa shape index (κ1) is 19.2. The van der Waals surface area contributed by atoms with Crippen molar-refractivity contribution in [3.05, 3.63) is 42.6 Å². The smallest absolute Gasteiger partial charge is 0.194 e. The minimum absolute atomic E-state index is 0.858. The van der Waals surface area contributed by atoms with E-state index in [1.54, 1.807) is 0 Å². The number of piperazine rings is 1. The number of imidazole rings is 1. The fourth-order valence-electron chi connectivity index (χ4n) is 3.33. The van der Waals surface area contributed by atoms with E-state index in [-0.39, 0.29) is 0 Å². The minimum atomic E-state index is 0.858. The van der Waals surface area contributed by atoms with Crippen molar-refractivity contribution < 1.29 is 0 Å². The Bertz CT molecular complexity index is 702. The van der Waals surface area contributed by atoms with Gasteiger partial charge >= 0.3 is 0 Å². The van der Waals surface area contributed by atoms with Crippen LogP contribution < -0.4 is 10.2 Å². The van der Waals surface area contributed by atoms with Crippen LogP contribution in [0.1, 0.15) is 25.6 Å². The summed E-state index contributed by atoms with van der Waals surface area (Å²) in [5, 5.41) is 3.45. The average Bonchev–Trinajstić information content (AvgIpc) is 3.12. The predicted molar refractivity (Wildman–Crippen MR) is 110 cm³/mol. The van der Waals surface area contributed by atoms with Crippen LogP contribution in [-0.4, -0.2) is 64.7 Å². The molecule has 0 aliphatic carbocycles. The topological polar surface area (TPSA) is 61.6 Å². The van der Waals surface area contributed by atoms with Crippen LogP contribution in [0.25, 0.3) is 0 Å². The molecule has 0 bridgehead atoms. The fraction of sp³-hybridized carbons (Fsp3) is 0.550. The van der Waals surface area contributed by atoms with Gasteiger partial charge in [-0.2, -0.15) is 0 Å². The van der Waals surface area contributed by atoms with E-state index in [2.05, 4.69) is 42.6 Å². The lowest BCUT2D eigenvalue weighted by atomic mass is 10.3. The molecule has 2 aromatic heterocycles. The molecule has 0 radical (unpaired) electrons. The van der Waals surface area contributed by atoms with Crippen LogP contribution >= 0.6 is 0 Å². The molecule has 1 N–H and O–H groups in total. The molecule has 3 rings (SSSR count). The molecule has 1 aliphatic rings. The van der Waals surface area contributed by atoms with Crippen molar-refractivity contribution >= 4 is 11.8 Å². The summed E-state index contributed by atoms with van der Waals surface area (Å²) < 4.78 is 2.20. The van der Waals surface area contributed by atoms with E-state index in [4.69, 9.17) is 4.99 Å². The van der Waals surface area contributed by atoms with Crippen molar-refractivity contribution in [2.45, 2.75) is 33.2 Å². The van der Waals surface area contributed by atoms with Gasteiger partial charge in [-0.3, -0.25) is 4.99 Å². The molecule has 7 nitrogen and oxygen atoms in total. The molecular weight excluding hydrogens is 338 g/mol. The summed E-state index contributed by atoms with van der Waals surface area (Å²) in [6.07, 6.45) is 7.97. The van der Waals surface area contributed by atoms with Gasteiger partial charge in [-0.15, -0.1) is 0 Å². The van der Waals surface area contributed by atoms with Gasteiger partial charge in [-0.05, 0) is 38.8 Å². The van der Waals surface area contributed by atoms with Crippen molar-refractivity contribution in [2.24, 2.45) is 4.99 Å². The van der Waals surface area contributed by atoms with Gasteiger partial charge in [0.15, 0.2) is 5.96 Å². The number of guanidine groups is 1. The molecule has 1 fully saturated rings. The third-order valence-corrected chi connectivity index (χ3v) is 4.88. The standard InChI is InChI=1S/C20H31N7/c1-3-21-20(24-10-6-7-12-25-13-11-22-18(25)2)27-16-14-26(15-17-27)19-8-4-5-9-23-19/h4-5,8-9,11,13H,3,6-7,10,12,14-17H2,1-2H3,(H,21,24). The predicted octanol–water partition coefficient (Wildman–Crippen LogP) is 2.15. The molecule has 1 saturated heterocycles. The summed E-state index contributed by atoms with van der Waals surface area (Å²) in [5.41, 5.74) is 0. The average molecular weight is 370 g/mol. The lowest BCUT2D eigenvalue weighted by Crippen LogP contribution is -2.52. The Kier molecular flexibility index (Phi) is 7.07. The Morgan fingerprint density at radius 1 is 1.11 bits per heavy atom. The van der Waals surface area contributed by atoms with E-state index >= 15 is 0 Å². The molecule has 0 amide bonds. The van der Waals surface area contributed by atoms with E-state index in [0.29, 0.717) is 0 Å². The maximum Gasteiger partial charge on any atom is 0.194 e. The second-order valence-electron chi connectivity index (χ2n) is 6.77. The minimum Gasteiger partial charge on any atom is -0.357 e. The zero-order valence-corrected chi connectivity index (χ0v) is 16.5. The van der Waals surface area contributed by atoms with Crippen molar-refractivity contribution in [2.75, 3.05) is 44.2 Å². The number of hydrogen-bond donors (Lipinski definition) is 1. The van der Waals surface area contributed by atoms with Crippen LogP contribution in [-0.2, 0) is 6.54 Å². The number of rotatable bonds is 7. The summed E-state index contributed by atoms with van der Waals surface area (Å²) in [4.78, 5) is 18.3. The molecule has 0 aromatic carbocycles. The zero-order valence-electron chi connectivity index (χ0n) is 16.5. The van der Waals surface area contributed by atoms with Gasteiger partial charge in [-0.1, -0.05) is 6.07 Å². The number of nitrogens with zero attached hydrogens (tertiary/aromatic N) is 6. The van der Waals surface area contributed by atoms with Crippen LogP contribution in [0.2, 0.25) is 0 Å². The third-order valence-electron chi connectivity index (χ3n) is 4.88. The van der Waals surface area contributed by atoms with E-state index in [1.165, 1.54) is 0 Å². The Labute approximate surface area is 162 Å². The Balaban J connectivity index is 1.45. The van der Waals surface area contributed by atoms with Crippen LogP contribution in [0.5, 0.6) is 0 Å². The lowest BCUT2D eigenvalue weighted by molar-refractivity contribution is 0.371. The number of aliphatic imine (C=N–C) groups is 1. The highest BCUT2D eigenvalue weighted by Gasteiger charge is 2.20. The number of pyridine rings is 1. The van der Waals surface area contributed by atoms with Gasteiger partial charge in [0, 0.05) is 64.4 Å². The number of unbranched alkanes of at least 4 members (excludes halogenated alkanes) is 1. The Morgan fingerprint density at radius 2 is 1.96 bits per heavy atom. The number of aromatic nitrogens is 3. The molecule has 0 saturated carbocycles. The number of anilines is 1. The van der Waals surface area contributed by atoms with Crippen LogP contribution in [0.4, 0.5) is 5.82 Å². The monoisotopic (exact) mass is 369 g/mol. The van der Waals surface area contributed by atoms with E-state index < -0.39 is 0 Å². The molecule has 146 valence electrons. The molecule has 0 unspecified atom stereocenters. The quantitative estimate of drug-likeness (QED) is 0.460. The summed E-state index contributed by atoms with van der Waals surface area (Å²) in [6.45, 7) is 10.8. The molecule has 27 heavy (non-hydrogen) atoms. The highest BCUT2D eigenvalue weighted by Crippen LogP contribution is 2.12. The van der Waals surface area contributed by atoms with Crippen LogP contribution in [0.15, 0.2) is 41.8 Å². The number of hydrogen-bond acceptors (Lipinski definition) is 4. The van der Waals surface area contributed by atoms with Gasteiger partial charge in [0.25, 0.3) is 0 Å². The van der Waals surface area contributed by atoms with E-state index in [1.807, 2.05) is 37.6 Å². The van der Waals surface area contributed by atoms with Crippen molar-refractivity contribution in [3.63, 3.8) is 0 Å². The molecule has 0 spiro atoms. The van der Waals surface area contributed by atoms with Gasteiger partial charge in [-0.25, -0.2) is 9.97 Å². The zero-order chi connectivity index (χ0) is 18.9. The largest absolute Gasteiger partial charge is 0.357 e. The molecule has 7 heteroatoms. The van der Waals surface area contributed by atoms with Crippen LogP contribution in [0, 0.1) is 6.92 Å². The van der Waals surface area contributed by atoms with Gasteiger partial charge in [0.1, 0.15) is 11.6 Å². The first-order chi connectivity index (χ1) is 13.3. The Hall–Kier alpha value is -2.57. The molecule has 2 aromatic rings. The molecule has 1 aliphatic heterocycles. The summed E-state index contributed by atoms with van der Waals surface area (Å²) in [6, 6.07) is 6.09. The summed E-state index contributed by atoms with van der Waals surface area (Å²) >= 11 is 0. The van der Waals surface area contributed by atoms with Crippen molar-refractivity contribution in [3.8, 4) is 0 Å². The number of aryl methyl sites for hydroxylation is 2. The maximum atomic E-state index is 4.85. The van der Waals surface area contributed by atoms with Crippen molar-refractivity contribution in [1.82, 2.24) is 24.8 Å². The fourth-order valence-corrected chi connectivity index (χ4v) is 3.33. The van der Waals surface area contributed by atoms with Gasteiger partial charge in [0.2, 0.25) is 0 Å². The summed E-state index contributed by atoms with van der Waals surface area (Å²) in [7, 11) is 0. The second-order valence-corrected chi connectivity index (χ2v) is 6.77. The third kappa shape index (κ3) is 5.45. The second kappa shape index (κ2) is 9.94. The summed E-state index contributed by atoms with van der Waals surface area (Å²) in [5.74, 6) is 3.18. The maximum absolute atomic E-state index is 4.85. The van der Waals surface area contributed by atoms with E-state index in [9.17, 15) is 0 Å². The van der Waals surface area contributed by atoms with Crippen LogP contribution in [0.3, 0.4) is 0 Å². The molecular formula is C20H31N7. The van der Waals surface area contributed by atoms with Crippen molar-refractivity contribution in [1.29, 1.82) is 0 Å².